The molecule has 2 aliphatic rings. The topological polar surface area (TPSA) is 37.3 Å². The van der Waals surface area contributed by atoms with E-state index in [0.29, 0.717) is 23.7 Å². The summed E-state index contributed by atoms with van der Waals surface area (Å²) in [6.07, 6.45) is 4.59. The third kappa shape index (κ3) is 1.76. The zero-order chi connectivity index (χ0) is 11.9. The van der Waals surface area contributed by atoms with E-state index in [1.54, 1.807) is 0 Å². The van der Waals surface area contributed by atoms with E-state index in [-0.39, 0.29) is 5.92 Å². The number of aliphatic carboxylic acids is 1. The Morgan fingerprint density at radius 3 is 2.62 bits per heavy atom. The maximum Gasteiger partial charge on any atom is 0.306 e. The Morgan fingerprint density at radius 2 is 2.12 bits per heavy atom. The Hall–Kier alpha value is -0.530. The molecule has 2 nitrogen and oxygen atoms in total. The van der Waals surface area contributed by atoms with Crippen molar-refractivity contribution < 1.29 is 9.90 Å². The summed E-state index contributed by atoms with van der Waals surface area (Å²) in [5.74, 6) is 2.70. The largest absolute Gasteiger partial charge is 0.481 e. The van der Waals surface area contributed by atoms with E-state index >= 15 is 0 Å². The molecule has 16 heavy (non-hydrogen) atoms. The summed E-state index contributed by atoms with van der Waals surface area (Å²) < 4.78 is 0. The van der Waals surface area contributed by atoms with Crippen LogP contribution in [0.4, 0.5) is 0 Å². The van der Waals surface area contributed by atoms with E-state index in [0.717, 1.165) is 12.3 Å². The molecule has 0 spiro atoms. The number of carboxylic acids is 1. The Bertz CT molecular complexity index is 274. The second kappa shape index (κ2) is 4.38. The standard InChI is InChI=1S/C14H24O2/c1-4-5-8(2)13-9(3)10-6-11(13)12(7-10)14(15)16/h8-13H,4-7H2,1-3H3,(H,15,16). The third-order valence-electron chi connectivity index (χ3n) is 5.21. The van der Waals surface area contributed by atoms with Gasteiger partial charge in [-0.2, -0.15) is 0 Å². The maximum absolute atomic E-state index is 11.2. The Morgan fingerprint density at radius 1 is 1.44 bits per heavy atom. The number of rotatable bonds is 4. The average molecular weight is 224 g/mol. The van der Waals surface area contributed by atoms with Crippen LogP contribution in [0, 0.1) is 35.5 Å². The van der Waals surface area contributed by atoms with Crippen LogP contribution in [0.1, 0.15) is 46.5 Å². The van der Waals surface area contributed by atoms with Gasteiger partial charge in [0.25, 0.3) is 0 Å². The van der Waals surface area contributed by atoms with Crippen LogP contribution in [0.5, 0.6) is 0 Å². The van der Waals surface area contributed by atoms with E-state index < -0.39 is 5.97 Å². The fraction of sp³-hybridized carbons (Fsp3) is 0.929. The van der Waals surface area contributed by atoms with E-state index in [1.165, 1.54) is 19.3 Å². The van der Waals surface area contributed by atoms with Crippen LogP contribution in [0.25, 0.3) is 0 Å². The molecule has 0 radical (unpaired) electrons. The summed E-state index contributed by atoms with van der Waals surface area (Å²) in [5.41, 5.74) is 0. The summed E-state index contributed by atoms with van der Waals surface area (Å²) in [5, 5.41) is 9.25. The van der Waals surface area contributed by atoms with Crippen molar-refractivity contribution >= 4 is 5.97 Å². The lowest BCUT2D eigenvalue weighted by molar-refractivity contribution is -0.145. The van der Waals surface area contributed by atoms with Gasteiger partial charge in [0.2, 0.25) is 0 Å². The van der Waals surface area contributed by atoms with Gasteiger partial charge in [0.15, 0.2) is 0 Å². The molecule has 6 unspecified atom stereocenters. The summed E-state index contributed by atoms with van der Waals surface area (Å²) >= 11 is 0. The van der Waals surface area contributed by atoms with Gasteiger partial charge in [0, 0.05) is 0 Å². The zero-order valence-corrected chi connectivity index (χ0v) is 10.6. The SMILES string of the molecule is CCCC(C)C1C(C)C2CC(C(=O)O)C1C2. The molecule has 0 aromatic rings. The summed E-state index contributed by atoms with van der Waals surface area (Å²) in [6.45, 7) is 6.90. The van der Waals surface area contributed by atoms with Crippen molar-refractivity contribution in [3.05, 3.63) is 0 Å². The lowest BCUT2D eigenvalue weighted by Crippen LogP contribution is -2.34. The quantitative estimate of drug-likeness (QED) is 0.794. The maximum atomic E-state index is 11.2. The highest BCUT2D eigenvalue weighted by Gasteiger charge is 2.54. The van der Waals surface area contributed by atoms with Crippen LogP contribution in [-0.2, 0) is 4.79 Å². The van der Waals surface area contributed by atoms with Crippen molar-refractivity contribution in [2.45, 2.75) is 46.5 Å². The number of hydrogen-bond donors (Lipinski definition) is 1. The first kappa shape index (κ1) is 11.9. The first-order valence-electron chi connectivity index (χ1n) is 6.79. The van der Waals surface area contributed by atoms with Crippen molar-refractivity contribution in [1.82, 2.24) is 0 Å². The predicted molar refractivity (Wildman–Crippen MR) is 64.1 cm³/mol. The molecule has 2 bridgehead atoms. The van der Waals surface area contributed by atoms with Gasteiger partial charge in [-0.1, -0.05) is 33.6 Å². The van der Waals surface area contributed by atoms with Gasteiger partial charge in [0.05, 0.1) is 5.92 Å². The highest BCUT2D eigenvalue weighted by molar-refractivity contribution is 5.71. The molecule has 0 saturated heterocycles. The fourth-order valence-corrected chi connectivity index (χ4v) is 4.54. The Balaban J connectivity index is 2.10. The monoisotopic (exact) mass is 224 g/mol. The van der Waals surface area contributed by atoms with Crippen LogP contribution >= 0.6 is 0 Å². The van der Waals surface area contributed by atoms with E-state index in [1.807, 2.05) is 0 Å². The molecule has 0 amide bonds. The lowest BCUT2D eigenvalue weighted by atomic mass is 9.68. The van der Waals surface area contributed by atoms with Crippen molar-refractivity contribution in [3.8, 4) is 0 Å². The summed E-state index contributed by atoms with van der Waals surface area (Å²) in [6, 6.07) is 0. The molecular weight excluding hydrogens is 200 g/mol. The van der Waals surface area contributed by atoms with Crippen LogP contribution < -0.4 is 0 Å². The predicted octanol–water partition coefficient (Wildman–Crippen LogP) is 3.42. The molecule has 2 fully saturated rings. The fourth-order valence-electron chi connectivity index (χ4n) is 4.54. The molecule has 2 aliphatic carbocycles. The lowest BCUT2D eigenvalue weighted by Gasteiger charge is -2.36. The molecule has 0 aromatic carbocycles. The van der Waals surface area contributed by atoms with Crippen molar-refractivity contribution in [2.24, 2.45) is 35.5 Å². The molecule has 2 rings (SSSR count). The first-order chi connectivity index (χ1) is 7.56. The zero-order valence-electron chi connectivity index (χ0n) is 10.6. The van der Waals surface area contributed by atoms with Crippen molar-refractivity contribution in [3.63, 3.8) is 0 Å². The van der Waals surface area contributed by atoms with E-state index in [2.05, 4.69) is 20.8 Å². The van der Waals surface area contributed by atoms with Gasteiger partial charge in [-0.25, -0.2) is 0 Å². The van der Waals surface area contributed by atoms with Crippen LogP contribution in [0.2, 0.25) is 0 Å². The molecule has 2 saturated carbocycles. The molecule has 1 N–H and O–H groups in total. The smallest absolute Gasteiger partial charge is 0.306 e. The number of carbonyl (C=O) groups is 1. The highest BCUT2D eigenvalue weighted by Crippen LogP contribution is 2.57. The average Bonchev–Trinajstić information content (AvgIpc) is 2.74. The summed E-state index contributed by atoms with van der Waals surface area (Å²) in [4.78, 5) is 11.2. The molecule has 0 aromatic heterocycles. The van der Waals surface area contributed by atoms with Crippen molar-refractivity contribution in [1.29, 1.82) is 0 Å². The molecule has 2 heteroatoms. The normalized spacial score (nSPS) is 43.6. The number of carboxylic acid groups (broad SMARTS) is 1. The highest BCUT2D eigenvalue weighted by atomic mass is 16.4. The molecule has 0 aliphatic heterocycles. The molecular formula is C14H24O2. The Kier molecular flexibility index (Phi) is 3.27. The van der Waals surface area contributed by atoms with E-state index in [9.17, 15) is 9.90 Å². The minimum Gasteiger partial charge on any atom is -0.481 e. The van der Waals surface area contributed by atoms with Gasteiger partial charge in [0.1, 0.15) is 0 Å². The van der Waals surface area contributed by atoms with Gasteiger partial charge in [-0.15, -0.1) is 0 Å². The van der Waals surface area contributed by atoms with Crippen molar-refractivity contribution in [2.75, 3.05) is 0 Å². The second-order valence-electron chi connectivity index (χ2n) is 6.04. The minimum absolute atomic E-state index is 0.0366. The van der Waals surface area contributed by atoms with Gasteiger partial charge >= 0.3 is 5.97 Å². The molecule has 92 valence electrons. The molecule has 0 heterocycles. The third-order valence-corrected chi connectivity index (χ3v) is 5.21. The number of fused-ring (bicyclic) bond motifs is 2. The van der Waals surface area contributed by atoms with Crippen LogP contribution in [0.3, 0.4) is 0 Å². The minimum atomic E-state index is -0.548. The summed E-state index contributed by atoms with van der Waals surface area (Å²) in [7, 11) is 0. The van der Waals surface area contributed by atoms with Gasteiger partial charge < -0.3 is 5.11 Å². The first-order valence-corrected chi connectivity index (χ1v) is 6.79. The van der Waals surface area contributed by atoms with Gasteiger partial charge in [-0.05, 0) is 42.4 Å². The Labute approximate surface area is 98.4 Å². The van der Waals surface area contributed by atoms with Crippen LogP contribution in [-0.4, -0.2) is 11.1 Å². The van der Waals surface area contributed by atoms with E-state index in [4.69, 9.17) is 0 Å². The molecule has 6 atom stereocenters. The number of hydrogen-bond acceptors (Lipinski definition) is 1. The van der Waals surface area contributed by atoms with Gasteiger partial charge in [-0.3, -0.25) is 4.79 Å². The van der Waals surface area contributed by atoms with Crippen LogP contribution in [0.15, 0.2) is 0 Å². The second-order valence-corrected chi connectivity index (χ2v) is 6.04.